The fourth-order valence-corrected chi connectivity index (χ4v) is 5.18. The molecule has 1 aliphatic carbocycles. The van der Waals surface area contributed by atoms with Crippen LogP contribution in [0.25, 0.3) is 6.08 Å². The van der Waals surface area contributed by atoms with E-state index in [1.54, 1.807) is 6.26 Å². The van der Waals surface area contributed by atoms with Crippen LogP contribution < -0.4 is 0 Å². The Morgan fingerprint density at radius 3 is 2.85 bits per heavy atom. The van der Waals surface area contributed by atoms with Crippen LogP contribution >= 0.6 is 0 Å². The summed E-state index contributed by atoms with van der Waals surface area (Å²) < 4.78 is 5.36. The van der Waals surface area contributed by atoms with Gasteiger partial charge in [-0.2, -0.15) is 0 Å². The van der Waals surface area contributed by atoms with Crippen LogP contribution in [0.15, 0.2) is 28.9 Å². The van der Waals surface area contributed by atoms with Gasteiger partial charge in [0, 0.05) is 38.6 Å². The van der Waals surface area contributed by atoms with Crippen LogP contribution in [0.5, 0.6) is 0 Å². The Labute approximate surface area is 157 Å². The molecule has 0 radical (unpaired) electrons. The minimum Gasteiger partial charge on any atom is -0.465 e. The van der Waals surface area contributed by atoms with Crippen LogP contribution in [-0.2, 0) is 4.79 Å². The molecule has 0 bridgehead atoms. The Balaban J connectivity index is 1.32. The van der Waals surface area contributed by atoms with Gasteiger partial charge in [-0.3, -0.25) is 9.69 Å². The molecule has 4 nitrogen and oxygen atoms in total. The molecular weight excluding hydrogens is 324 g/mol. The lowest BCUT2D eigenvalue weighted by molar-refractivity contribution is -0.142. The van der Waals surface area contributed by atoms with E-state index in [0.29, 0.717) is 17.9 Å². The summed E-state index contributed by atoms with van der Waals surface area (Å²) in [6.45, 7) is 4.22. The van der Waals surface area contributed by atoms with E-state index in [4.69, 9.17) is 4.42 Å². The van der Waals surface area contributed by atoms with Crippen LogP contribution in [0.3, 0.4) is 0 Å². The Hall–Kier alpha value is -1.55. The fraction of sp³-hybridized carbons (Fsp3) is 0.682. The first-order chi connectivity index (χ1) is 12.8. The molecule has 1 saturated carbocycles. The van der Waals surface area contributed by atoms with E-state index in [1.807, 2.05) is 12.1 Å². The van der Waals surface area contributed by atoms with Crippen LogP contribution in [0.4, 0.5) is 0 Å². The number of likely N-dealkylation sites (tertiary alicyclic amines) is 2. The third kappa shape index (κ3) is 4.22. The van der Waals surface area contributed by atoms with Gasteiger partial charge in [-0.05, 0) is 55.7 Å². The number of fused-ring (bicyclic) bond motifs is 1. The number of hydrogen-bond donors (Lipinski definition) is 0. The van der Waals surface area contributed by atoms with E-state index in [-0.39, 0.29) is 0 Å². The van der Waals surface area contributed by atoms with E-state index < -0.39 is 0 Å². The molecule has 4 heteroatoms. The molecule has 2 saturated heterocycles. The first-order valence-corrected chi connectivity index (χ1v) is 10.5. The van der Waals surface area contributed by atoms with Gasteiger partial charge in [-0.15, -0.1) is 0 Å². The average molecular weight is 357 g/mol. The number of carbonyl (C=O) groups excluding carboxylic acids is 1. The van der Waals surface area contributed by atoms with Crippen molar-refractivity contribution in [2.75, 3.05) is 26.2 Å². The van der Waals surface area contributed by atoms with Crippen molar-refractivity contribution < 1.29 is 9.21 Å². The summed E-state index contributed by atoms with van der Waals surface area (Å²) in [6.07, 6.45) is 15.7. The number of carbonyl (C=O) groups is 1. The Bertz CT molecular complexity index is 604. The smallest absolute Gasteiger partial charge is 0.222 e. The second-order valence-corrected chi connectivity index (χ2v) is 8.38. The molecule has 0 unspecified atom stereocenters. The van der Waals surface area contributed by atoms with Crippen molar-refractivity contribution in [1.29, 1.82) is 0 Å². The molecule has 26 heavy (non-hydrogen) atoms. The second-order valence-electron chi connectivity index (χ2n) is 8.38. The first kappa shape index (κ1) is 17.8. The van der Waals surface area contributed by atoms with Gasteiger partial charge in [0.2, 0.25) is 5.91 Å². The number of rotatable bonds is 5. The molecule has 1 amide bonds. The molecule has 142 valence electrons. The maximum Gasteiger partial charge on any atom is 0.222 e. The highest BCUT2D eigenvalue weighted by molar-refractivity contribution is 5.77. The molecule has 3 aliphatic rings. The molecule has 0 spiro atoms. The molecule has 3 heterocycles. The Morgan fingerprint density at radius 2 is 2.04 bits per heavy atom. The molecule has 2 atom stereocenters. The lowest BCUT2D eigenvalue weighted by Crippen LogP contribution is -2.57. The molecule has 1 aromatic heterocycles. The van der Waals surface area contributed by atoms with Gasteiger partial charge in [0.25, 0.3) is 0 Å². The molecule has 4 rings (SSSR count). The monoisotopic (exact) mass is 356 g/mol. The lowest BCUT2D eigenvalue weighted by atomic mass is 9.81. The van der Waals surface area contributed by atoms with Crippen LogP contribution in [-0.4, -0.2) is 47.9 Å². The first-order valence-electron chi connectivity index (χ1n) is 10.5. The van der Waals surface area contributed by atoms with E-state index in [2.05, 4.69) is 22.0 Å². The average Bonchev–Trinajstić information content (AvgIpc) is 3.18. The second kappa shape index (κ2) is 8.43. The number of furan rings is 1. The van der Waals surface area contributed by atoms with Crippen LogP contribution in [0.2, 0.25) is 0 Å². The molecule has 1 aromatic rings. The fourth-order valence-electron chi connectivity index (χ4n) is 5.18. The van der Waals surface area contributed by atoms with Gasteiger partial charge in [-0.1, -0.05) is 25.3 Å². The molecule has 2 aliphatic heterocycles. The minimum atomic E-state index is 0.419. The third-order valence-electron chi connectivity index (χ3n) is 6.60. The third-order valence-corrected chi connectivity index (χ3v) is 6.60. The largest absolute Gasteiger partial charge is 0.465 e. The quantitative estimate of drug-likeness (QED) is 0.794. The van der Waals surface area contributed by atoms with Crippen molar-refractivity contribution in [2.45, 2.75) is 57.4 Å². The highest BCUT2D eigenvalue weighted by Crippen LogP contribution is 2.34. The van der Waals surface area contributed by atoms with Crippen molar-refractivity contribution in [3.8, 4) is 0 Å². The summed E-state index contributed by atoms with van der Waals surface area (Å²) in [5.74, 6) is 2.74. The normalized spacial score (nSPS) is 28.6. The number of nitrogens with zero attached hydrogens (tertiary/aromatic N) is 2. The van der Waals surface area contributed by atoms with Gasteiger partial charge in [0.1, 0.15) is 5.76 Å². The summed E-state index contributed by atoms with van der Waals surface area (Å²) in [5, 5.41) is 0. The number of amides is 1. The van der Waals surface area contributed by atoms with E-state index in [0.717, 1.165) is 57.1 Å². The van der Waals surface area contributed by atoms with Crippen LogP contribution in [0, 0.1) is 11.8 Å². The molecule has 3 fully saturated rings. The van der Waals surface area contributed by atoms with Crippen molar-refractivity contribution >= 4 is 12.0 Å². The van der Waals surface area contributed by atoms with E-state index in [9.17, 15) is 4.79 Å². The maximum absolute atomic E-state index is 12.6. The van der Waals surface area contributed by atoms with Crippen molar-refractivity contribution in [1.82, 2.24) is 9.80 Å². The summed E-state index contributed by atoms with van der Waals surface area (Å²) in [4.78, 5) is 17.4. The number of piperidine rings is 2. The minimum absolute atomic E-state index is 0.419. The molecule has 0 N–H and O–H groups in total. The standard InChI is InChI=1S/C22H32N2O2/c25-22-11-10-19-17-23(13-4-8-20-9-5-15-26-20)14-12-21(19)24(22)16-18-6-2-1-3-7-18/h4-5,8-9,15,18-19,21H,1-3,6-7,10-14,16-17H2/b8-4+/t19-,21+/m1/s1. The van der Waals surface area contributed by atoms with E-state index >= 15 is 0 Å². The maximum atomic E-state index is 12.6. The van der Waals surface area contributed by atoms with Crippen LogP contribution in [0.1, 0.15) is 57.1 Å². The molecule has 0 aromatic carbocycles. The highest BCUT2D eigenvalue weighted by Gasteiger charge is 2.39. The van der Waals surface area contributed by atoms with Crippen molar-refractivity contribution in [3.05, 3.63) is 30.2 Å². The SMILES string of the molecule is O=C1CC[C@@H]2CN(C/C=C/c3ccco3)CC[C@@H]2N1CC1CCCCC1. The predicted molar refractivity (Wildman–Crippen MR) is 104 cm³/mol. The zero-order chi connectivity index (χ0) is 17.8. The highest BCUT2D eigenvalue weighted by atomic mass is 16.3. The summed E-state index contributed by atoms with van der Waals surface area (Å²) in [5.41, 5.74) is 0. The summed E-state index contributed by atoms with van der Waals surface area (Å²) in [6, 6.07) is 4.40. The van der Waals surface area contributed by atoms with Crippen molar-refractivity contribution in [2.24, 2.45) is 11.8 Å². The van der Waals surface area contributed by atoms with E-state index in [1.165, 1.54) is 32.1 Å². The summed E-state index contributed by atoms with van der Waals surface area (Å²) >= 11 is 0. The zero-order valence-electron chi connectivity index (χ0n) is 15.8. The summed E-state index contributed by atoms with van der Waals surface area (Å²) in [7, 11) is 0. The van der Waals surface area contributed by atoms with Gasteiger partial charge in [-0.25, -0.2) is 0 Å². The Morgan fingerprint density at radius 1 is 1.15 bits per heavy atom. The van der Waals surface area contributed by atoms with Gasteiger partial charge < -0.3 is 9.32 Å². The number of hydrogen-bond acceptors (Lipinski definition) is 3. The predicted octanol–water partition coefficient (Wildman–Crippen LogP) is 4.19. The van der Waals surface area contributed by atoms with Gasteiger partial charge >= 0.3 is 0 Å². The topological polar surface area (TPSA) is 36.7 Å². The molecular formula is C22H32N2O2. The lowest BCUT2D eigenvalue weighted by Gasteiger charge is -2.48. The van der Waals surface area contributed by atoms with Gasteiger partial charge in [0.05, 0.1) is 6.26 Å². The van der Waals surface area contributed by atoms with Gasteiger partial charge in [0.15, 0.2) is 0 Å². The zero-order valence-corrected chi connectivity index (χ0v) is 15.8. The Kier molecular flexibility index (Phi) is 5.78. The van der Waals surface area contributed by atoms with Crippen molar-refractivity contribution in [3.63, 3.8) is 0 Å².